The van der Waals surface area contributed by atoms with Crippen LogP contribution >= 0.6 is 0 Å². The van der Waals surface area contributed by atoms with Crippen LogP contribution in [-0.4, -0.2) is 22.4 Å². The van der Waals surface area contributed by atoms with E-state index in [0.29, 0.717) is 17.8 Å². The molecular formula is C15H26O2. The number of rotatable bonds is 2. The summed E-state index contributed by atoms with van der Waals surface area (Å²) in [6.45, 7) is 6.94. The van der Waals surface area contributed by atoms with Crippen molar-refractivity contribution in [2.24, 2.45) is 28.6 Å². The number of hydrogen-bond donors (Lipinski definition) is 2. The van der Waals surface area contributed by atoms with Gasteiger partial charge < -0.3 is 10.2 Å². The Labute approximate surface area is 104 Å². The summed E-state index contributed by atoms with van der Waals surface area (Å²) in [6, 6.07) is 0. The van der Waals surface area contributed by atoms with Crippen LogP contribution in [0.15, 0.2) is 0 Å². The Morgan fingerprint density at radius 1 is 1.12 bits per heavy atom. The van der Waals surface area contributed by atoms with Crippen molar-refractivity contribution in [2.75, 3.05) is 6.61 Å². The third-order valence-corrected chi connectivity index (χ3v) is 6.80. The normalized spacial score (nSPS) is 56.8. The van der Waals surface area contributed by atoms with Crippen LogP contribution in [0.2, 0.25) is 0 Å². The largest absolute Gasteiger partial charge is 0.396 e. The zero-order valence-electron chi connectivity index (χ0n) is 11.4. The van der Waals surface area contributed by atoms with E-state index in [4.69, 9.17) is 0 Å². The molecule has 4 bridgehead atoms. The summed E-state index contributed by atoms with van der Waals surface area (Å²) in [4.78, 5) is 0. The summed E-state index contributed by atoms with van der Waals surface area (Å²) in [5.41, 5.74) is -0.643. The summed E-state index contributed by atoms with van der Waals surface area (Å²) < 4.78 is 0. The van der Waals surface area contributed by atoms with Crippen molar-refractivity contribution in [1.29, 1.82) is 0 Å². The topological polar surface area (TPSA) is 40.5 Å². The number of aliphatic hydroxyl groups is 2. The lowest BCUT2D eigenvalue weighted by atomic mass is 9.35. The second-order valence-corrected chi connectivity index (χ2v) is 7.61. The minimum atomic E-state index is -0.520. The summed E-state index contributed by atoms with van der Waals surface area (Å²) in [5.74, 6) is 1.75. The van der Waals surface area contributed by atoms with Gasteiger partial charge in [-0.2, -0.15) is 0 Å². The van der Waals surface area contributed by atoms with Gasteiger partial charge in [0.1, 0.15) is 0 Å². The molecule has 4 aliphatic rings. The Morgan fingerprint density at radius 3 is 2.06 bits per heavy atom. The van der Waals surface area contributed by atoms with Gasteiger partial charge in [0.25, 0.3) is 0 Å². The van der Waals surface area contributed by atoms with Gasteiger partial charge >= 0.3 is 0 Å². The highest BCUT2D eigenvalue weighted by Gasteiger charge is 2.70. The van der Waals surface area contributed by atoms with E-state index in [1.807, 2.05) is 0 Å². The molecule has 3 unspecified atom stereocenters. The Balaban J connectivity index is 2.12. The monoisotopic (exact) mass is 238 g/mol. The van der Waals surface area contributed by atoms with E-state index in [1.54, 1.807) is 0 Å². The van der Waals surface area contributed by atoms with E-state index < -0.39 is 5.60 Å². The van der Waals surface area contributed by atoms with Gasteiger partial charge in [0.2, 0.25) is 0 Å². The number of hydrogen-bond acceptors (Lipinski definition) is 2. The highest BCUT2D eigenvalue weighted by molar-refractivity contribution is 5.19. The van der Waals surface area contributed by atoms with Gasteiger partial charge in [-0.25, -0.2) is 0 Å². The molecule has 98 valence electrons. The van der Waals surface area contributed by atoms with E-state index in [1.165, 1.54) is 6.42 Å². The van der Waals surface area contributed by atoms with Crippen LogP contribution in [0.3, 0.4) is 0 Å². The predicted octanol–water partition coefficient (Wildman–Crippen LogP) is 2.58. The maximum atomic E-state index is 11.2. The van der Waals surface area contributed by atoms with E-state index in [0.717, 1.165) is 25.7 Å². The number of aliphatic hydroxyl groups excluding tert-OH is 1. The standard InChI is InChI=1S/C15H26O2/c1-10(2)13(3)14(9-16)5-11-4-12(6-14)8-15(13,17)7-11/h10-12,16-17H,4-9H2,1-3H3. The van der Waals surface area contributed by atoms with Crippen LogP contribution < -0.4 is 0 Å². The first-order chi connectivity index (χ1) is 7.87. The first kappa shape index (κ1) is 12.0. The summed E-state index contributed by atoms with van der Waals surface area (Å²) in [7, 11) is 0. The van der Waals surface area contributed by atoms with Crippen molar-refractivity contribution in [1.82, 2.24) is 0 Å². The predicted molar refractivity (Wildman–Crippen MR) is 67.5 cm³/mol. The highest BCUT2D eigenvalue weighted by Crippen LogP contribution is 2.71. The Morgan fingerprint density at radius 2 is 1.65 bits per heavy atom. The molecule has 0 spiro atoms. The van der Waals surface area contributed by atoms with Crippen molar-refractivity contribution in [3.63, 3.8) is 0 Å². The molecule has 0 aromatic rings. The molecule has 4 fully saturated rings. The molecule has 0 aromatic carbocycles. The van der Waals surface area contributed by atoms with Crippen molar-refractivity contribution in [3.8, 4) is 0 Å². The van der Waals surface area contributed by atoms with Crippen molar-refractivity contribution in [3.05, 3.63) is 0 Å². The molecule has 0 radical (unpaired) electrons. The van der Waals surface area contributed by atoms with Gasteiger partial charge in [-0.15, -0.1) is 0 Å². The van der Waals surface area contributed by atoms with Crippen molar-refractivity contribution >= 4 is 0 Å². The molecule has 0 amide bonds. The van der Waals surface area contributed by atoms with E-state index in [2.05, 4.69) is 20.8 Å². The van der Waals surface area contributed by atoms with Crippen molar-refractivity contribution < 1.29 is 10.2 Å². The molecule has 17 heavy (non-hydrogen) atoms. The van der Waals surface area contributed by atoms with Crippen LogP contribution in [0.5, 0.6) is 0 Å². The Kier molecular flexibility index (Phi) is 2.30. The SMILES string of the molecule is CC(C)C1(C)C2(O)CC3CC(C2)CC1(CO)C3. The fourth-order valence-electron chi connectivity index (χ4n) is 5.96. The van der Waals surface area contributed by atoms with Gasteiger partial charge in [0, 0.05) is 17.4 Å². The molecule has 2 nitrogen and oxygen atoms in total. The highest BCUT2D eigenvalue weighted by atomic mass is 16.3. The van der Waals surface area contributed by atoms with Crippen LogP contribution in [-0.2, 0) is 0 Å². The van der Waals surface area contributed by atoms with Gasteiger partial charge in [-0.3, -0.25) is 0 Å². The average molecular weight is 238 g/mol. The fraction of sp³-hybridized carbons (Fsp3) is 1.00. The summed E-state index contributed by atoms with van der Waals surface area (Å²) in [6.07, 6.45) is 5.51. The van der Waals surface area contributed by atoms with Crippen LogP contribution in [0.25, 0.3) is 0 Å². The zero-order chi connectivity index (χ0) is 12.5. The van der Waals surface area contributed by atoms with Crippen molar-refractivity contribution in [2.45, 2.75) is 58.5 Å². The van der Waals surface area contributed by atoms with Gasteiger partial charge in [0.05, 0.1) is 5.60 Å². The molecule has 0 aliphatic heterocycles. The molecule has 3 atom stereocenters. The average Bonchev–Trinajstić information content (AvgIpc) is 2.23. The maximum Gasteiger partial charge on any atom is 0.0715 e. The molecule has 0 aromatic heterocycles. The molecule has 0 saturated heterocycles. The summed E-state index contributed by atoms with van der Waals surface area (Å²) >= 11 is 0. The first-order valence-corrected chi connectivity index (χ1v) is 7.20. The second kappa shape index (κ2) is 3.27. The maximum absolute atomic E-state index is 11.2. The molecule has 2 N–H and O–H groups in total. The third-order valence-electron chi connectivity index (χ3n) is 6.80. The van der Waals surface area contributed by atoms with Gasteiger partial charge in [-0.05, 0) is 49.9 Å². The van der Waals surface area contributed by atoms with Crippen LogP contribution in [0.1, 0.15) is 52.9 Å². The first-order valence-electron chi connectivity index (χ1n) is 7.20. The van der Waals surface area contributed by atoms with E-state index in [-0.39, 0.29) is 17.4 Å². The minimum absolute atomic E-state index is 0.0139. The molecule has 0 heterocycles. The lowest BCUT2D eigenvalue weighted by Gasteiger charge is -2.71. The Bertz CT molecular complexity index is 322. The lowest BCUT2D eigenvalue weighted by molar-refractivity contribution is -0.288. The third kappa shape index (κ3) is 1.19. The minimum Gasteiger partial charge on any atom is -0.396 e. The molecule has 4 aliphatic carbocycles. The quantitative estimate of drug-likeness (QED) is 0.776. The van der Waals surface area contributed by atoms with Gasteiger partial charge in [0.15, 0.2) is 0 Å². The zero-order valence-corrected chi connectivity index (χ0v) is 11.4. The molecule has 2 heteroatoms. The Hall–Kier alpha value is -0.0800. The second-order valence-electron chi connectivity index (χ2n) is 7.61. The lowest BCUT2D eigenvalue weighted by Crippen LogP contribution is -2.71. The van der Waals surface area contributed by atoms with E-state index in [9.17, 15) is 10.2 Å². The van der Waals surface area contributed by atoms with Crippen LogP contribution in [0, 0.1) is 28.6 Å². The van der Waals surface area contributed by atoms with Crippen LogP contribution in [0.4, 0.5) is 0 Å². The summed E-state index contributed by atoms with van der Waals surface area (Å²) in [5, 5.41) is 21.2. The van der Waals surface area contributed by atoms with Gasteiger partial charge in [-0.1, -0.05) is 20.8 Å². The molecular weight excluding hydrogens is 212 g/mol. The van der Waals surface area contributed by atoms with E-state index >= 15 is 0 Å². The molecule has 4 saturated carbocycles. The molecule has 4 rings (SSSR count). The smallest absolute Gasteiger partial charge is 0.0715 e. The fourth-order valence-corrected chi connectivity index (χ4v) is 5.96.